The maximum Gasteiger partial charge on any atom is 0.312 e. The van der Waals surface area contributed by atoms with Crippen LogP contribution < -0.4 is 21.7 Å². The Balaban J connectivity index is 1.85. The first-order chi connectivity index (χ1) is 8.66. The van der Waals surface area contributed by atoms with Gasteiger partial charge in [0.1, 0.15) is 5.69 Å². The van der Waals surface area contributed by atoms with Gasteiger partial charge >= 0.3 is 6.03 Å². The molecule has 1 aromatic heterocycles. The van der Waals surface area contributed by atoms with E-state index in [1.165, 1.54) is 0 Å². The van der Waals surface area contributed by atoms with E-state index in [4.69, 9.17) is 5.73 Å². The first-order valence-corrected chi connectivity index (χ1v) is 5.79. The Morgan fingerprint density at radius 1 is 1.44 bits per heavy atom. The Morgan fingerprint density at radius 2 is 2.22 bits per heavy atom. The molecule has 8 heteroatoms. The van der Waals surface area contributed by atoms with Crippen LogP contribution in [0.2, 0.25) is 0 Å². The Morgan fingerprint density at radius 3 is 2.94 bits per heavy atom. The Kier molecular flexibility index (Phi) is 3.66. The summed E-state index contributed by atoms with van der Waals surface area (Å²) < 4.78 is 1.92. The highest BCUT2D eigenvalue weighted by atomic mass is 16.2. The molecule has 0 aromatic carbocycles. The smallest absolute Gasteiger partial charge is 0.312 e. The van der Waals surface area contributed by atoms with Crippen LogP contribution in [0.1, 0.15) is 16.9 Å². The molecular weight excluding hydrogens is 236 g/mol. The summed E-state index contributed by atoms with van der Waals surface area (Å²) in [6, 6.07) is -0.606. The normalized spacial score (nSPS) is 13.3. The minimum Gasteiger partial charge on any atom is -0.356 e. The number of aryl methyl sites for hydroxylation is 1. The first kappa shape index (κ1) is 12.2. The molecule has 0 aliphatic carbocycles. The van der Waals surface area contributed by atoms with Crippen LogP contribution in [0.4, 0.5) is 10.7 Å². The average molecular weight is 252 g/mol. The third-order valence-corrected chi connectivity index (χ3v) is 2.58. The maximum atomic E-state index is 11.7. The van der Waals surface area contributed by atoms with Gasteiger partial charge in [-0.1, -0.05) is 0 Å². The van der Waals surface area contributed by atoms with Crippen molar-refractivity contribution in [2.75, 3.05) is 25.0 Å². The van der Waals surface area contributed by atoms with E-state index in [0.29, 0.717) is 18.8 Å². The number of rotatable bonds is 4. The van der Waals surface area contributed by atoms with Crippen LogP contribution in [0.3, 0.4) is 0 Å². The summed E-state index contributed by atoms with van der Waals surface area (Å²) in [7, 11) is 0. The van der Waals surface area contributed by atoms with Gasteiger partial charge in [-0.3, -0.25) is 4.79 Å². The zero-order valence-corrected chi connectivity index (χ0v) is 9.90. The van der Waals surface area contributed by atoms with E-state index in [0.717, 1.165) is 25.5 Å². The number of amides is 3. The van der Waals surface area contributed by atoms with Crippen molar-refractivity contribution < 1.29 is 9.59 Å². The van der Waals surface area contributed by atoms with Gasteiger partial charge in [0.25, 0.3) is 5.91 Å². The van der Waals surface area contributed by atoms with E-state index in [9.17, 15) is 9.59 Å². The molecule has 0 saturated heterocycles. The lowest BCUT2D eigenvalue weighted by molar-refractivity contribution is 0.0949. The van der Waals surface area contributed by atoms with Gasteiger partial charge < -0.3 is 26.3 Å². The average Bonchev–Trinajstić information content (AvgIpc) is 2.78. The molecule has 1 aromatic rings. The number of aromatic nitrogens is 2. The standard InChI is InChI=1S/C10H16N6O2/c11-9(18)13-4-3-12-8(17)7-6-16-5-1-2-14-10(16)15-7/h6H,1-5H2,(H,12,17)(H,14,15)(H3,11,13,18). The lowest BCUT2D eigenvalue weighted by Crippen LogP contribution is -2.37. The third kappa shape index (κ3) is 2.90. The number of nitrogens with one attached hydrogen (secondary N) is 3. The molecule has 0 spiro atoms. The number of carbonyl (C=O) groups excluding carboxylic acids is 2. The van der Waals surface area contributed by atoms with Gasteiger partial charge in [0.2, 0.25) is 5.95 Å². The lowest BCUT2D eigenvalue weighted by atomic mass is 10.4. The van der Waals surface area contributed by atoms with Gasteiger partial charge in [-0.05, 0) is 6.42 Å². The summed E-state index contributed by atoms with van der Waals surface area (Å²) in [5, 5.41) is 8.16. The van der Waals surface area contributed by atoms with Crippen LogP contribution in [-0.2, 0) is 6.54 Å². The van der Waals surface area contributed by atoms with Crippen molar-refractivity contribution in [2.45, 2.75) is 13.0 Å². The van der Waals surface area contributed by atoms with E-state index in [2.05, 4.69) is 20.9 Å². The van der Waals surface area contributed by atoms with Gasteiger partial charge in [-0.15, -0.1) is 0 Å². The van der Waals surface area contributed by atoms with Crippen LogP contribution >= 0.6 is 0 Å². The van der Waals surface area contributed by atoms with Crippen molar-refractivity contribution in [3.05, 3.63) is 11.9 Å². The minimum absolute atomic E-state index is 0.259. The van der Waals surface area contributed by atoms with Crippen LogP contribution in [0, 0.1) is 0 Å². The molecule has 18 heavy (non-hydrogen) atoms. The quantitative estimate of drug-likeness (QED) is 0.520. The summed E-state index contributed by atoms with van der Waals surface area (Å²) >= 11 is 0. The zero-order valence-electron chi connectivity index (χ0n) is 9.90. The van der Waals surface area contributed by atoms with Crippen LogP contribution in [0.5, 0.6) is 0 Å². The monoisotopic (exact) mass is 252 g/mol. The predicted octanol–water partition coefficient (Wildman–Crippen LogP) is -0.903. The Labute approximate surface area is 104 Å². The second-order valence-electron chi connectivity index (χ2n) is 3.97. The molecular formula is C10H16N6O2. The molecule has 0 unspecified atom stereocenters. The number of nitrogens with two attached hydrogens (primary N) is 1. The SMILES string of the molecule is NC(=O)NCCNC(=O)c1cn2c(n1)NCCC2. The van der Waals surface area contributed by atoms with Crippen molar-refractivity contribution in [3.8, 4) is 0 Å². The number of primary amides is 1. The van der Waals surface area contributed by atoms with Gasteiger partial charge in [-0.2, -0.15) is 0 Å². The number of imidazole rings is 1. The summed E-state index contributed by atoms with van der Waals surface area (Å²) in [4.78, 5) is 26.4. The van der Waals surface area contributed by atoms with Crippen molar-refractivity contribution in [1.82, 2.24) is 20.2 Å². The van der Waals surface area contributed by atoms with E-state index in [1.807, 2.05) is 4.57 Å². The van der Waals surface area contributed by atoms with Gasteiger partial charge in [0.15, 0.2) is 0 Å². The minimum atomic E-state index is -0.606. The van der Waals surface area contributed by atoms with E-state index in [-0.39, 0.29) is 5.91 Å². The molecule has 0 bridgehead atoms. The largest absolute Gasteiger partial charge is 0.356 e. The number of carbonyl (C=O) groups is 2. The number of hydrogen-bond donors (Lipinski definition) is 4. The van der Waals surface area contributed by atoms with Gasteiger partial charge in [0, 0.05) is 32.4 Å². The van der Waals surface area contributed by atoms with Crippen molar-refractivity contribution >= 4 is 17.9 Å². The number of urea groups is 1. The number of nitrogens with zero attached hydrogens (tertiary/aromatic N) is 2. The number of anilines is 1. The molecule has 8 nitrogen and oxygen atoms in total. The fourth-order valence-corrected chi connectivity index (χ4v) is 1.74. The third-order valence-electron chi connectivity index (χ3n) is 2.58. The second kappa shape index (κ2) is 5.39. The number of fused-ring (bicyclic) bond motifs is 1. The molecule has 0 saturated carbocycles. The van der Waals surface area contributed by atoms with Gasteiger partial charge in [-0.25, -0.2) is 9.78 Å². The van der Waals surface area contributed by atoms with E-state index < -0.39 is 6.03 Å². The molecule has 3 amide bonds. The highest BCUT2D eigenvalue weighted by Gasteiger charge is 2.15. The Hall–Kier alpha value is -2.25. The molecule has 1 aliphatic heterocycles. The van der Waals surface area contributed by atoms with Crippen molar-refractivity contribution in [2.24, 2.45) is 5.73 Å². The fraction of sp³-hybridized carbons (Fsp3) is 0.500. The lowest BCUT2D eigenvalue weighted by Gasteiger charge is -2.14. The van der Waals surface area contributed by atoms with Gasteiger partial charge in [0.05, 0.1) is 0 Å². The van der Waals surface area contributed by atoms with E-state index >= 15 is 0 Å². The Bertz CT molecular complexity index is 432. The van der Waals surface area contributed by atoms with Crippen LogP contribution in [0.25, 0.3) is 0 Å². The van der Waals surface area contributed by atoms with Crippen molar-refractivity contribution in [3.63, 3.8) is 0 Å². The molecule has 98 valence electrons. The summed E-state index contributed by atoms with van der Waals surface area (Å²) in [5.74, 6) is 0.464. The molecule has 0 atom stereocenters. The fourth-order valence-electron chi connectivity index (χ4n) is 1.74. The summed E-state index contributed by atoms with van der Waals surface area (Å²) in [5.41, 5.74) is 5.27. The zero-order chi connectivity index (χ0) is 13.0. The topological polar surface area (TPSA) is 114 Å². The highest BCUT2D eigenvalue weighted by molar-refractivity contribution is 5.92. The summed E-state index contributed by atoms with van der Waals surface area (Å²) in [6.07, 6.45) is 2.74. The van der Waals surface area contributed by atoms with Crippen LogP contribution in [-0.4, -0.2) is 41.1 Å². The summed E-state index contributed by atoms with van der Waals surface area (Å²) in [6.45, 7) is 2.36. The second-order valence-corrected chi connectivity index (χ2v) is 3.97. The number of hydrogen-bond acceptors (Lipinski definition) is 4. The maximum absolute atomic E-state index is 11.7. The molecule has 2 rings (SSSR count). The predicted molar refractivity (Wildman–Crippen MR) is 65.3 cm³/mol. The first-order valence-electron chi connectivity index (χ1n) is 5.79. The molecule has 0 radical (unpaired) electrons. The highest BCUT2D eigenvalue weighted by Crippen LogP contribution is 2.13. The van der Waals surface area contributed by atoms with Crippen molar-refractivity contribution in [1.29, 1.82) is 0 Å². The molecule has 1 aliphatic rings. The molecule has 2 heterocycles. The van der Waals surface area contributed by atoms with Crippen LogP contribution in [0.15, 0.2) is 6.20 Å². The molecule has 5 N–H and O–H groups in total. The molecule has 0 fully saturated rings. The van der Waals surface area contributed by atoms with E-state index in [1.54, 1.807) is 6.20 Å².